The SMILES string of the molecule is CC(=O)Oc1cc(Cl)c(Oc2ccc([N+](=O)[O-])cc2)c(Cl)c1C. The monoisotopic (exact) mass is 355 g/mol. The molecule has 120 valence electrons. The van der Waals surface area contributed by atoms with Crippen molar-refractivity contribution >= 4 is 34.9 Å². The van der Waals surface area contributed by atoms with E-state index in [9.17, 15) is 14.9 Å². The second-order valence-corrected chi connectivity index (χ2v) is 5.36. The zero-order valence-electron chi connectivity index (χ0n) is 12.1. The predicted molar refractivity (Wildman–Crippen MR) is 85.7 cm³/mol. The molecule has 0 atom stereocenters. The second-order valence-electron chi connectivity index (χ2n) is 4.57. The number of benzene rings is 2. The number of hydrogen-bond donors (Lipinski definition) is 0. The first-order valence-corrected chi connectivity index (χ1v) is 7.14. The van der Waals surface area contributed by atoms with Crippen LogP contribution >= 0.6 is 23.2 Å². The molecular formula is C15H11Cl2NO5. The van der Waals surface area contributed by atoms with Crippen molar-refractivity contribution in [3.63, 3.8) is 0 Å². The minimum absolute atomic E-state index is 0.0593. The molecule has 0 aliphatic carbocycles. The highest BCUT2D eigenvalue weighted by Crippen LogP contribution is 2.42. The molecule has 0 fully saturated rings. The third-order valence-corrected chi connectivity index (χ3v) is 3.63. The molecule has 8 heteroatoms. The minimum Gasteiger partial charge on any atom is -0.454 e. The van der Waals surface area contributed by atoms with Gasteiger partial charge >= 0.3 is 5.97 Å². The van der Waals surface area contributed by atoms with Crippen molar-refractivity contribution in [3.05, 3.63) is 56.1 Å². The second kappa shape index (κ2) is 6.85. The molecule has 2 aromatic carbocycles. The van der Waals surface area contributed by atoms with E-state index >= 15 is 0 Å². The summed E-state index contributed by atoms with van der Waals surface area (Å²) in [6.07, 6.45) is 0. The van der Waals surface area contributed by atoms with E-state index in [2.05, 4.69) is 0 Å². The van der Waals surface area contributed by atoms with Gasteiger partial charge in [-0.25, -0.2) is 0 Å². The highest BCUT2D eigenvalue weighted by molar-refractivity contribution is 6.38. The number of nitrogens with zero attached hydrogens (tertiary/aromatic N) is 1. The fraction of sp³-hybridized carbons (Fsp3) is 0.133. The molecule has 0 heterocycles. The number of hydrogen-bond acceptors (Lipinski definition) is 5. The number of nitro benzene ring substituents is 1. The fourth-order valence-corrected chi connectivity index (χ4v) is 2.29. The molecule has 0 saturated heterocycles. The molecule has 0 N–H and O–H groups in total. The van der Waals surface area contributed by atoms with Gasteiger partial charge in [0.15, 0.2) is 5.75 Å². The van der Waals surface area contributed by atoms with Gasteiger partial charge in [0.1, 0.15) is 11.5 Å². The Morgan fingerprint density at radius 2 is 1.83 bits per heavy atom. The third-order valence-electron chi connectivity index (χ3n) is 2.89. The molecule has 0 saturated carbocycles. The Labute approximate surface area is 141 Å². The average molecular weight is 356 g/mol. The first-order valence-electron chi connectivity index (χ1n) is 6.39. The largest absolute Gasteiger partial charge is 0.454 e. The molecule has 6 nitrogen and oxygen atoms in total. The molecule has 0 spiro atoms. The Kier molecular flexibility index (Phi) is 5.08. The van der Waals surface area contributed by atoms with Crippen LogP contribution in [0.3, 0.4) is 0 Å². The Morgan fingerprint density at radius 1 is 1.22 bits per heavy atom. The number of carbonyl (C=O) groups excluding carboxylic acids is 1. The topological polar surface area (TPSA) is 78.7 Å². The lowest BCUT2D eigenvalue weighted by molar-refractivity contribution is -0.384. The molecule has 0 aliphatic rings. The number of halogens is 2. The lowest BCUT2D eigenvalue weighted by atomic mass is 10.2. The normalized spacial score (nSPS) is 10.3. The molecule has 0 radical (unpaired) electrons. The molecule has 2 aromatic rings. The first kappa shape index (κ1) is 17.1. The van der Waals surface area contributed by atoms with E-state index in [-0.39, 0.29) is 27.2 Å². The van der Waals surface area contributed by atoms with Gasteiger partial charge in [-0.3, -0.25) is 14.9 Å². The van der Waals surface area contributed by atoms with Gasteiger partial charge in [0.2, 0.25) is 0 Å². The van der Waals surface area contributed by atoms with Crippen LogP contribution in [0.5, 0.6) is 17.2 Å². The van der Waals surface area contributed by atoms with Crippen molar-refractivity contribution in [2.75, 3.05) is 0 Å². The standard InChI is InChI=1S/C15H11Cl2NO5/c1-8-13(22-9(2)19)7-12(16)15(14(8)17)23-11-5-3-10(4-6-11)18(20)21/h3-7H,1-2H3. The fourth-order valence-electron chi connectivity index (χ4n) is 1.78. The summed E-state index contributed by atoms with van der Waals surface area (Å²) in [5.74, 6) is 0.252. The van der Waals surface area contributed by atoms with Crippen LogP contribution in [0.2, 0.25) is 10.0 Å². The summed E-state index contributed by atoms with van der Waals surface area (Å²) in [6, 6.07) is 6.89. The average Bonchev–Trinajstić information content (AvgIpc) is 2.49. The zero-order chi connectivity index (χ0) is 17.1. The van der Waals surface area contributed by atoms with Crippen LogP contribution < -0.4 is 9.47 Å². The lowest BCUT2D eigenvalue weighted by Crippen LogP contribution is -2.03. The van der Waals surface area contributed by atoms with Crippen LogP contribution in [-0.4, -0.2) is 10.9 Å². The summed E-state index contributed by atoms with van der Waals surface area (Å²) < 4.78 is 10.6. The van der Waals surface area contributed by atoms with E-state index in [1.165, 1.54) is 37.3 Å². The van der Waals surface area contributed by atoms with Crippen molar-refractivity contribution in [1.82, 2.24) is 0 Å². The number of nitro groups is 1. The highest BCUT2D eigenvalue weighted by atomic mass is 35.5. The summed E-state index contributed by atoms with van der Waals surface area (Å²) in [7, 11) is 0. The van der Waals surface area contributed by atoms with Gasteiger partial charge in [0.25, 0.3) is 5.69 Å². The molecule has 0 bridgehead atoms. The van der Waals surface area contributed by atoms with Crippen LogP contribution in [0.1, 0.15) is 12.5 Å². The first-order chi connectivity index (χ1) is 10.8. The quantitative estimate of drug-likeness (QED) is 0.336. The summed E-state index contributed by atoms with van der Waals surface area (Å²) in [5.41, 5.74) is 0.430. The maximum atomic E-state index is 11.1. The van der Waals surface area contributed by atoms with Gasteiger partial charge in [0.05, 0.1) is 15.0 Å². The summed E-state index contributed by atoms with van der Waals surface area (Å²) >= 11 is 12.3. The van der Waals surface area contributed by atoms with Crippen LogP contribution in [0.15, 0.2) is 30.3 Å². The third kappa shape index (κ3) is 3.91. The van der Waals surface area contributed by atoms with Gasteiger partial charge in [-0.15, -0.1) is 0 Å². The van der Waals surface area contributed by atoms with E-state index < -0.39 is 10.9 Å². The smallest absolute Gasteiger partial charge is 0.308 e. The Hall–Kier alpha value is -2.31. The minimum atomic E-state index is -0.512. The van der Waals surface area contributed by atoms with Crippen LogP contribution in [-0.2, 0) is 4.79 Å². The van der Waals surface area contributed by atoms with Crippen LogP contribution in [0.25, 0.3) is 0 Å². The van der Waals surface area contributed by atoms with E-state index in [4.69, 9.17) is 32.7 Å². The Balaban J connectivity index is 2.34. The van der Waals surface area contributed by atoms with Crippen LogP contribution in [0.4, 0.5) is 5.69 Å². The van der Waals surface area contributed by atoms with Gasteiger partial charge < -0.3 is 9.47 Å². The molecule has 0 aromatic heterocycles. The maximum Gasteiger partial charge on any atom is 0.308 e. The molecular weight excluding hydrogens is 345 g/mol. The summed E-state index contributed by atoms with van der Waals surface area (Å²) in [6.45, 7) is 2.92. The number of rotatable bonds is 4. The van der Waals surface area contributed by atoms with Crippen molar-refractivity contribution in [1.29, 1.82) is 0 Å². The van der Waals surface area contributed by atoms with E-state index in [1.54, 1.807) is 6.92 Å². The predicted octanol–water partition coefficient (Wildman–Crippen LogP) is 4.93. The number of non-ortho nitro benzene ring substituents is 1. The van der Waals surface area contributed by atoms with Gasteiger partial charge in [-0.05, 0) is 19.1 Å². The van der Waals surface area contributed by atoms with Crippen molar-refractivity contribution < 1.29 is 19.2 Å². The van der Waals surface area contributed by atoms with Crippen LogP contribution in [0, 0.1) is 17.0 Å². The molecule has 0 unspecified atom stereocenters. The Morgan fingerprint density at radius 3 is 2.35 bits per heavy atom. The van der Waals surface area contributed by atoms with E-state index in [0.29, 0.717) is 11.3 Å². The summed E-state index contributed by atoms with van der Waals surface area (Å²) in [5, 5.41) is 11.0. The lowest BCUT2D eigenvalue weighted by Gasteiger charge is -2.14. The molecule has 23 heavy (non-hydrogen) atoms. The van der Waals surface area contributed by atoms with E-state index in [0.717, 1.165) is 0 Å². The van der Waals surface area contributed by atoms with Crippen molar-refractivity contribution in [2.45, 2.75) is 13.8 Å². The van der Waals surface area contributed by atoms with Gasteiger partial charge in [-0.2, -0.15) is 0 Å². The van der Waals surface area contributed by atoms with Gasteiger partial charge in [0, 0.05) is 30.7 Å². The maximum absolute atomic E-state index is 11.1. The van der Waals surface area contributed by atoms with Gasteiger partial charge in [-0.1, -0.05) is 23.2 Å². The number of ether oxygens (including phenoxy) is 2. The molecule has 0 aliphatic heterocycles. The van der Waals surface area contributed by atoms with E-state index in [1.807, 2.05) is 0 Å². The summed E-state index contributed by atoms with van der Waals surface area (Å²) in [4.78, 5) is 21.2. The molecule has 2 rings (SSSR count). The highest BCUT2D eigenvalue weighted by Gasteiger charge is 2.17. The van der Waals surface area contributed by atoms with Crippen molar-refractivity contribution in [3.8, 4) is 17.2 Å². The molecule has 0 amide bonds. The Bertz CT molecular complexity index is 774. The van der Waals surface area contributed by atoms with Crippen molar-refractivity contribution in [2.24, 2.45) is 0 Å². The number of esters is 1. The zero-order valence-corrected chi connectivity index (χ0v) is 13.6. The number of carbonyl (C=O) groups is 1.